The van der Waals surface area contributed by atoms with Crippen molar-refractivity contribution in [2.45, 2.75) is 43.9 Å². The topological polar surface area (TPSA) is 66.6 Å². The van der Waals surface area contributed by atoms with Crippen molar-refractivity contribution in [3.05, 3.63) is 0 Å². The Hall–Kier alpha value is -0.820. The summed E-state index contributed by atoms with van der Waals surface area (Å²) >= 11 is 0. The van der Waals surface area contributed by atoms with Gasteiger partial charge in [0.05, 0.1) is 6.54 Å². The van der Waals surface area contributed by atoms with E-state index in [2.05, 4.69) is 0 Å². The van der Waals surface area contributed by atoms with Gasteiger partial charge in [-0.25, -0.2) is 0 Å². The fraction of sp³-hybridized carbons (Fsp3) is 0.923. The maximum Gasteiger partial charge on any atom is 0.418 e. The molecule has 2 fully saturated rings. The van der Waals surface area contributed by atoms with Crippen molar-refractivity contribution in [3.63, 3.8) is 0 Å². The number of carbonyl (C=O) groups is 1. The van der Waals surface area contributed by atoms with Gasteiger partial charge in [-0.1, -0.05) is 6.42 Å². The van der Waals surface area contributed by atoms with Crippen molar-refractivity contribution in [1.29, 1.82) is 0 Å². The molecular weight excluding hydrogens is 273 g/mol. The first-order valence-corrected chi connectivity index (χ1v) is 7.06. The van der Waals surface area contributed by atoms with Crippen LogP contribution in [-0.2, 0) is 4.79 Å². The average molecular weight is 294 g/mol. The fourth-order valence-corrected chi connectivity index (χ4v) is 3.33. The molecule has 3 atom stereocenters. The molecule has 1 saturated heterocycles. The van der Waals surface area contributed by atoms with E-state index in [0.717, 1.165) is 12.8 Å². The van der Waals surface area contributed by atoms with Gasteiger partial charge in [0, 0.05) is 12.5 Å². The Kier molecular flexibility index (Phi) is 4.30. The number of nitrogens with two attached hydrogens (primary N) is 1. The molecule has 0 aromatic rings. The zero-order chi connectivity index (χ0) is 15.0. The summed E-state index contributed by atoms with van der Waals surface area (Å²) in [5.74, 6) is -0.501. The van der Waals surface area contributed by atoms with Crippen LogP contribution < -0.4 is 5.73 Å². The van der Waals surface area contributed by atoms with E-state index in [4.69, 9.17) is 5.73 Å². The third kappa shape index (κ3) is 2.79. The van der Waals surface area contributed by atoms with Gasteiger partial charge in [-0.2, -0.15) is 13.2 Å². The van der Waals surface area contributed by atoms with Crippen LogP contribution in [0.4, 0.5) is 13.2 Å². The lowest BCUT2D eigenvalue weighted by Crippen LogP contribution is -2.59. The van der Waals surface area contributed by atoms with Crippen LogP contribution in [-0.4, -0.2) is 47.3 Å². The molecule has 1 amide bonds. The second-order valence-corrected chi connectivity index (χ2v) is 5.93. The summed E-state index contributed by atoms with van der Waals surface area (Å²) in [6.07, 6.45) is -2.45. The summed E-state index contributed by atoms with van der Waals surface area (Å²) in [5.41, 5.74) is 2.85. The summed E-state index contributed by atoms with van der Waals surface area (Å²) in [5, 5.41) is 9.75. The Morgan fingerprint density at radius 1 is 1.35 bits per heavy atom. The highest BCUT2D eigenvalue weighted by molar-refractivity contribution is 5.79. The molecule has 0 radical (unpaired) electrons. The van der Waals surface area contributed by atoms with Crippen LogP contribution >= 0.6 is 0 Å². The van der Waals surface area contributed by atoms with Crippen LogP contribution in [0.5, 0.6) is 0 Å². The lowest BCUT2D eigenvalue weighted by Gasteiger charge is -2.41. The maximum absolute atomic E-state index is 12.9. The molecule has 0 aromatic carbocycles. The van der Waals surface area contributed by atoms with E-state index < -0.39 is 18.3 Å². The van der Waals surface area contributed by atoms with E-state index in [1.807, 2.05) is 0 Å². The van der Waals surface area contributed by atoms with Crippen LogP contribution in [0.2, 0.25) is 0 Å². The van der Waals surface area contributed by atoms with Gasteiger partial charge in [0.2, 0.25) is 5.91 Å². The fourth-order valence-electron chi connectivity index (χ4n) is 3.33. The average Bonchev–Trinajstić information content (AvgIpc) is 2.84. The number of β-amino-alcohol motifs (C(OH)–C–C–N with tert-alkyl or cyclic N) is 1. The number of carbonyl (C=O) groups excluding carboxylic acids is 1. The van der Waals surface area contributed by atoms with E-state index in [0.29, 0.717) is 13.0 Å². The molecule has 1 heterocycles. The Bertz CT molecular complexity index is 375. The molecule has 2 aliphatic rings. The molecular formula is C13H21F3N2O2. The molecule has 1 aliphatic carbocycles. The van der Waals surface area contributed by atoms with E-state index in [-0.39, 0.29) is 37.1 Å². The van der Waals surface area contributed by atoms with Crippen LogP contribution in [0.1, 0.15) is 32.1 Å². The Morgan fingerprint density at radius 2 is 2.05 bits per heavy atom. The number of halogens is 3. The second-order valence-electron chi connectivity index (χ2n) is 5.93. The minimum atomic E-state index is -4.70. The predicted molar refractivity (Wildman–Crippen MR) is 66.7 cm³/mol. The van der Waals surface area contributed by atoms with Gasteiger partial charge in [-0.15, -0.1) is 0 Å². The summed E-state index contributed by atoms with van der Waals surface area (Å²) in [6.45, 7) is 0.0158. The summed E-state index contributed by atoms with van der Waals surface area (Å²) in [4.78, 5) is 13.6. The summed E-state index contributed by atoms with van der Waals surface area (Å²) < 4.78 is 38.6. The van der Waals surface area contributed by atoms with Gasteiger partial charge in [0.15, 0.2) is 5.60 Å². The number of hydrogen-bond donors (Lipinski definition) is 2. The van der Waals surface area contributed by atoms with Gasteiger partial charge >= 0.3 is 6.18 Å². The zero-order valence-corrected chi connectivity index (χ0v) is 11.3. The molecule has 1 unspecified atom stereocenters. The molecule has 0 bridgehead atoms. The number of alkyl halides is 3. The van der Waals surface area contributed by atoms with Gasteiger partial charge in [-0.3, -0.25) is 4.79 Å². The second kappa shape index (κ2) is 5.52. The molecule has 7 heteroatoms. The number of aliphatic hydroxyl groups is 1. The summed E-state index contributed by atoms with van der Waals surface area (Å²) in [7, 11) is 0. The van der Waals surface area contributed by atoms with Gasteiger partial charge in [-0.05, 0) is 38.1 Å². The standard InChI is InChI=1S/C13H21F3N2O2/c14-13(15,16)12(20)5-2-6-18(8-12)11(19)10-4-1-3-9(10)7-17/h9-10,20H,1-8,17H2/t9-,10-,12?/m1/s1. The molecule has 4 nitrogen and oxygen atoms in total. The third-order valence-electron chi connectivity index (χ3n) is 4.59. The molecule has 0 aromatic heterocycles. The van der Waals surface area contributed by atoms with Crippen LogP contribution in [0.3, 0.4) is 0 Å². The number of piperidine rings is 1. The highest BCUT2D eigenvalue weighted by atomic mass is 19.4. The van der Waals surface area contributed by atoms with Crippen molar-refractivity contribution < 1.29 is 23.1 Å². The van der Waals surface area contributed by atoms with Gasteiger partial charge in [0.1, 0.15) is 0 Å². The monoisotopic (exact) mass is 294 g/mol. The molecule has 2 rings (SSSR count). The minimum absolute atomic E-state index is 0.0587. The third-order valence-corrected chi connectivity index (χ3v) is 4.59. The van der Waals surface area contributed by atoms with Gasteiger partial charge in [0.25, 0.3) is 0 Å². The molecule has 0 spiro atoms. The molecule has 20 heavy (non-hydrogen) atoms. The van der Waals surface area contributed by atoms with Crippen LogP contribution in [0, 0.1) is 11.8 Å². The van der Waals surface area contributed by atoms with Crippen LogP contribution in [0.15, 0.2) is 0 Å². The zero-order valence-electron chi connectivity index (χ0n) is 11.3. The van der Waals surface area contributed by atoms with Gasteiger partial charge < -0.3 is 15.7 Å². The first-order valence-electron chi connectivity index (χ1n) is 7.06. The maximum atomic E-state index is 12.9. The quantitative estimate of drug-likeness (QED) is 0.806. The number of hydrogen-bond acceptors (Lipinski definition) is 3. The minimum Gasteiger partial charge on any atom is -0.379 e. The smallest absolute Gasteiger partial charge is 0.379 e. The SMILES string of the molecule is NC[C@H]1CCC[C@H]1C(=O)N1CCCC(O)(C(F)(F)F)C1. The predicted octanol–water partition coefficient (Wildman–Crippen LogP) is 1.28. The van der Waals surface area contributed by atoms with Crippen molar-refractivity contribution in [3.8, 4) is 0 Å². The first-order chi connectivity index (χ1) is 9.28. The Morgan fingerprint density at radius 3 is 2.65 bits per heavy atom. The lowest BCUT2D eigenvalue weighted by molar-refractivity contribution is -0.273. The molecule has 1 aliphatic heterocycles. The first kappa shape index (κ1) is 15.6. The largest absolute Gasteiger partial charge is 0.418 e. The molecule has 3 N–H and O–H groups in total. The number of amides is 1. The van der Waals surface area contributed by atoms with Crippen molar-refractivity contribution >= 4 is 5.91 Å². The van der Waals surface area contributed by atoms with Crippen molar-refractivity contribution in [2.75, 3.05) is 19.6 Å². The van der Waals surface area contributed by atoms with E-state index in [9.17, 15) is 23.1 Å². The number of nitrogens with zero attached hydrogens (tertiary/aromatic N) is 1. The lowest BCUT2D eigenvalue weighted by atomic mass is 9.89. The summed E-state index contributed by atoms with van der Waals surface area (Å²) in [6, 6.07) is 0. The Labute approximate surface area is 116 Å². The van der Waals surface area contributed by atoms with E-state index in [1.54, 1.807) is 0 Å². The van der Waals surface area contributed by atoms with E-state index in [1.165, 1.54) is 4.90 Å². The number of likely N-dealkylation sites (tertiary alicyclic amines) is 1. The highest BCUT2D eigenvalue weighted by Gasteiger charge is 2.56. The van der Waals surface area contributed by atoms with E-state index >= 15 is 0 Å². The molecule has 1 saturated carbocycles. The van der Waals surface area contributed by atoms with Crippen molar-refractivity contribution in [1.82, 2.24) is 4.90 Å². The molecule has 116 valence electrons. The normalized spacial score (nSPS) is 35.4. The van der Waals surface area contributed by atoms with Crippen LogP contribution in [0.25, 0.3) is 0 Å². The van der Waals surface area contributed by atoms with Crippen molar-refractivity contribution in [2.24, 2.45) is 17.6 Å². The Balaban J connectivity index is 2.07. The highest BCUT2D eigenvalue weighted by Crippen LogP contribution is 2.39. The number of rotatable bonds is 2.